The first-order valence-corrected chi connectivity index (χ1v) is 7.70. The fraction of sp³-hybridized carbons (Fsp3) is 0.467. The summed E-state index contributed by atoms with van der Waals surface area (Å²) < 4.78 is 1.10. The Hall–Kier alpha value is -1.15. The van der Waals surface area contributed by atoms with Gasteiger partial charge >= 0.3 is 5.97 Å². The molecule has 1 aromatic carbocycles. The summed E-state index contributed by atoms with van der Waals surface area (Å²) in [7, 11) is 0. The summed E-state index contributed by atoms with van der Waals surface area (Å²) in [4.78, 5) is 24.7. The predicted octanol–water partition coefficient (Wildman–Crippen LogP) is 2.72. The van der Waals surface area contributed by atoms with Crippen LogP contribution in [0.1, 0.15) is 26.3 Å². The third kappa shape index (κ3) is 6.01. The quantitative estimate of drug-likeness (QED) is 0.741. The maximum Gasteiger partial charge on any atom is 0.317 e. The van der Waals surface area contributed by atoms with Crippen LogP contribution in [0.4, 0.5) is 5.69 Å². The monoisotopic (exact) mass is 404 g/mol. The van der Waals surface area contributed by atoms with Crippen LogP contribution in [0, 0.1) is 10.5 Å². The van der Waals surface area contributed by atoms with Crippen LogP contribution in [-0.4, -0.2) is 40.5 Å². The second-order valence-electron chi connectivity index (χ2n) is 5.93. The first-order chi connectivity index (χ1) is 9.59. The van der Waals surface area contributed by atoms with E-state index in [-0.39, 0.29) is 19.0 Å². The highest BCUT2D eigenvalue weighted by Gasteiger charge is 2.25. The summed E-state index contributed by atoms with van der Waals surface area (Å²) in [5.74, 6) is -1.15. The molecule has 1 rings (SSSR count). The van der Waals surface area contributed by atoms with Crippen LogP contribution in [0.15, 0.2) is 18.2 Å². The molecule has 1 amide bonds. The molecule has 0 fully saturated rings. The average molecular weight is 404 g/mol. The van der Waals surface area contributed by atoms with Gasteiger partial charge in [-0.05, 0) is 74.0 Å². The topological polar surface area (TPSA) is 69.6 Å². The molecule has 0 spiro atoms. The van der Waals surface area contributed by atoms with E-state index < -0.39 is 11.5 Å². The number of anilines is 1. The summed E-state index contributed by atoms with van der Waals surface area (Å²) in [5.41, 5.74) is 1.34. The molecule has 116 valence electrons. The van der Waals surface area contributed by atoms with Crippen LogP contribution in [0.3, 0.4) is 0 Å². The Bertz CT molecular complexity index is 538. The van der Waals surface area contributed by atoms with E-state index in [0.717, 1.165) is 14.8 Å². The van der Waals surface area contributed by atoms with Crippen molar-refractivity contribution in [1.29, 1.82) is 0 Å². The molecule has 0 saturated heterocycles. The van der Waals surface area contributed by atoms with Gasteiger partial charge in [-0.25, -0.2) is 0 Å². The van der Waals surface area contributed by atoms with Crippen molar-refractivity contribution in [3.05, 3.63) is 27.3 Å². The second kappa shape index (κ2) is 7.22. The highest BCUT2D eigenvalue weighted by atomic mass is 127. The summed E-state index contributed by atoms with van der Waals surface area (Å²) in [5, 5.41) is 11.8. The first-order valence-electron chi connectivity index (χ1n) is 6.62. The minimum atomic E-state index is -0.942. The van der Waals surface area contributed by atoms with E-state index in [1.807, 2.05) is 45.9 Å². The number of amides is 1. The van der Waals surface area contributed by atoms with E-state index in [1.165, 1.54) is 0 Å². The van der Waals surface area contributed by atoms with E-state index in [4.69, 9.17) is 5.11 Å². The smallest absolute Gasteiger partial charge is 0.317 e. The fourth-order valence-corrected chi connectivity index (χ4v) is 2.47. The summed E-state index contributed by atoms with van der Waals surface area (Å²) in [6.45, 7) is 7.47. The lowest BCUT2D eigenvalue weighted by Crippen LogP contribution is -2.48. The van der Waals surface area contributed by atoms with Crippen molar-refractivity contribution in [3.63, 3.8) is 0 Å². The van der Waals surface area contributed by atoms with Crippen molar-refractivity contribution < 1.29 is 14.7 Å². The van der Waals surface area contributed by atoms with E-state index in [0.29, 0.717) is 0 Å². The van der Waals surface area contributed by atoms with Gasteiger partial charge in [0, 0.05) is 14.8 Å². The number of carbonyl (C=O) groups is 2. The summed E-state index contributed by atoms with van der Waals surface area (Å²) >= 11 is 2.21. The third-order valence-electron chi connectivity index (χ3n) is 3.07. The van der Waals surface area contributed by atoms with E-state index in [2.05, 4.69) is 27.9 Å². The number of nitrogens with zero attached hydrogens (tertiary/aromatic N) is 1. The lowest BCUT2D eigenvalue weighted by Gasteiger charge is -2.33. The Kier molecular flexibility index (Phi) is 6.15. The van der Waals surface area contributed by atoms with Crippen molar-refractivity contribution in [3.8, 4) is 0 Å². The van der Waals surface area contributed by atoms with Gasteiger partial charge in [0.05, 0.1) is 13.1 Å². The molecule has 0 aliphatic heterocycles. The fourth-order valence-electron chi connectivity index (χ4n) is 1.82. The van der Waals surface area contributed by atoms with Crippen LogP contribution in [0.5, 0.6) is 0 Å². The maximum atomic E-state index is 12.1. The van der Waals surface area contributed by atoms with Gasteiger partial charge in [0.25, 0.3) is 0 Å². The van der Waals surface area contributed by atoms with Crippen molar-refractivity contribution in [2.24, 2.45) is 0 Å². The number of benzene rings is 1. The minimum absolute atomic E-state index is 0.0429. The molecule has 0 radical (unpaired) electrons. The van der Waals surface area contributed by atoms with Gasteiger partial charge < -0.3 is 10.4 Å². The molecule has 0 aliphatic carbocycles. The van der Waals surface area contributed by atoms with E-state index in [1.54, 1.807) is 4.90 Å². The second-order valence-corrected chi connectivity index (χ2v) is 7.17. The van der Waals surface area contributed by atoms with Gasteiger partial charge in [-0.15, -0.1) is 0 Å². The first kappa shape index (κ1) is 17.9. The van der Waals surface area contributed by atoms with Gasteiger partial charge in [0.1, 0.15) is 0 Å². The Morgan fingerprint density at radius 2 is 1.90 bits per heavy atom. The SMILES string of the molecule is Cc1cc(I)ccc1NC(=O)CN(CC(=O)O)C(C)(C)C. The zero-order chi connectivity index (χ0) is 16.2. The number of aryl methyl sites for hydroxylation is 1. The van der Waals surface area contributed by atoms with Gasteiger partial charge in [-0.1, -0.05) is 0 Å². The Morgan fingerprint density at radius 1 is 1.29 bits per heavy atom. The van der Waals surface area contributed by atoms with Gasteiger partial charge in [-0.2, -0.15) is 0 Å². The minimum Gasteiger partial charge on any atom is -0.480 e. The molecule has 1 aromatic rings. The van der Waals surface area contributed by atoms with Crippen LogP contribution >= 0.6 is 22.6 Å². The normalized spacial score (nSPS) is 11.5. The van der Waals surface area contributed by atoms with Crippen molar-refractivity contribution in [1.82, 2.24) is 4.90 Å². The van der Waals surface area contributed by atoms with Crippen molar-refractivity contribution in [2.75, 3.05) is 18.4 Å². The van der Waals surface area contributed by atoms with Crippen molar-refractivity contribution in [2.45, 2.75) is 33.2 Å². The molecule has 21 heavy (non-hydrogen) atoms. The molecule has 6 heteroatoms. The van der Waals surface area contributed by atoms with Crippen molar-refractivity contribution >= 4 is 40.2 Å². The number of hydrogen-bond donors (Lipinski definition) is 2. The number of halogens is 1. The predicted molar refractivity (Wildman–Crippen MR) is 91.5 cm³/mol. The Morgan fingerprint density at radius 3 is 2.38 bits per heavy atom. The number of carboxylic acids is 1. The zero-order valence-electron chi connectivity index (χ0n) is 12.7. The van der Waals surface area contributed by atoms with Crippen LogP contribution in [0.2, 0.25) is 0 Å². The highest BCUT2D eigenvalue weighted by Crippen LogP contribution is 2.18. The zero-order valence-corrected chi connectivity index (χ0v) is 14.9. The number of hydrogen-bond acceptors (Lipinski definition) is 3. The molecule has 0 aromatic heterocycles. The van der Waals surface area contributed by atoms with Crippen LogP contribution < -0.4 is 5.32 Å². The highest BCUT2D eigenvalue weighted by molar-refractivity contribution is 14.1. The molecular formula is C15H21IN2O3. The maximum absolute atomic E-state index is 12.1. The Labute approximate surface area is 138 Å². The lowest BCUT2D eigenvalue weighted by molar-refractivity contribution is -0.140. The largest absolute Gasteiger partial charge is 0.480 e. The van der Waals surface area contributed by atoms with Gasteiger partial charge in [0.15, 0.2) is 0 Å². The number of rotatable bonds is 5. The number of nitrogens with one attached hydrogen (secondary N) is 1. The molecule has 0 unspecified atom stereocenters. The molecule has 0 bridgehead atoms. The number of carboxylic acid groups (broad SMARTS) is 1. The van der Waals surface area contributed by atoms with Gasteiger partial charge in [0.2, 0.25) is 5.91 Å². The summed E-state index contributed by atoms with van der Waals surface area (Å²) in [6, 6.07) is 5.75. The number of carbonyl (C=O) groups excluding carboxylic acids is 1. The average Bonchev–Trinajstić information content (AvgIpc) is 2.30. The molecule has 0 atom stereocenters. The molecule has 0 saturated carbocycles. The van der Waals surface area contributed by atoms with E-state index in [9.17, 15) is 9.59 Å². The summed E-state index contributed by atoms with van der Waals surface area (Å²) in [6.07, 6.45) is 0. The Balaban J connectivity index is 2.76. The number of aliphatic carboxylic acids is 1. The molecule has 2 N–H and O–H groups in total. The van der Waals surface area contributed by atoms with Gasteiger partial charge in [-0.3, -0.25) is 14.5 Å². The van der Waals surface area contributed by atoms with Crippen LogP contribution in [0.25, 0.3) is 0 Å². The molecule has 5 nitrogen and oxygen atoms in total. The molecule has 0 heterocycles. The molecule has 0 aliphatic rings. The third-order valence-corrected chi connectivity index (χ3v) is 3.74. The standard InChI is InChI=1S/C15H21IN2O3/c1-10-7-11(16)5-6-12(10)17-13(19)8-18(9-14(20)21)15(2,3)4/h5-7H,8-9H2,1-4H3,(H,17,19)(H,20,21). The van der Waals surface area contributed by atoms with E-state index >= 15 is 0 Å². The lowest BCUT2D eigenvalue weighted by atomic mass is 10.1. The van der Waals surface area contributed by atoms with Crippen LogP contribution in [-0.2, 0) is 9.59 Å². The molecular weight excluding hydrogens is 383 g/mol.